The highest BCUT2D eigenvalue weighted by atomic mass is 31.2. The van der Waals surface area contributed by atoms with E-state index < -0.39 is 26.6 Å². The molecule has 3 atom stereocenters. The standard InChI is InChI=1S/C60H107N2O7P/c1-7-10-13-16-19-22-25-28-30-31-32-34-37-40-43-46-49-52-59(63)61-57(56-68-70(65,66)67-55-54-62(4,5)6)58(51-48-45-42-39-36-33-27-24-21-18-15-12-9-3)69-60(64)53-50-47-44-41-38-35-29-26-23-20-17-14-11-8-2/h11,14,19-20,22-23,28,30,32,34,40,43,48,51,57-58H,7-10,12-13,15-18,21,24-27,29,31,33,35-39,41-42,44-47,49-50,52-56H2,1-6H3,(H-,61,63,65,66)/b14-11+,22-19-,23-20+,30-28-,34-32-,43-40-,51-48+. The molecule has 1 amide bonds. The van der Waals surface area contributed by atoms with Crippen molar-refractivity contribution in [2.45, 2.75) is 245 Å². The Bertz CT molecular complexity index is 1480. The van der Waals surface area contributed by atoms with Gasteiger partial charge in [-0.3, -0.25) is 14.2 Å². The maximum atomic E-state index is 13.5. The Kier molecular flexibility index (Phi) is 47.8. The normalized spacial score (nSPS) is 14.4. The van der Waals surface area contributed by atoms with Gasteiger partial charge in [0.15, 0.2) is 0 Å². The maximum Gasteiger partial charge on any atom is 0.306 e. The monoisotopic (exact) mass is 999 g/mol. The van der Waals surface area contributed by atoms with Gasteiger partial charge >= 0.3 is 5.97 Å². The number of phosphoric acid groups is 1. The van der Waals surface area contributed by atoms with Crippen LogP contribution >= 0.6 is 7.82 Å². The fourth-order valence-electron chi connectivity index (χ4n) is 7.67. The van der Waals surface area contributed by atoms with Gasteiger partial charge in [-0.05, 0) is 96.0 Å². The van der Waals surface area contributed by atoms with Crippen molar-refractivity contribution in [1.82, 2.24) is 5.32 Å². The number of hydrogen-bond acceptors (Lipinski definition) is 7. The SMILES string of the molecule is CC/C=C/C/C=C/CCCCCCCCCC(=O)OC(/C=C/CCCCCCCCCCCCC)C(COP(=O)([O-])OCC[N+](C)(C)C)NC(=O)CCC/C=C\C/C=C\C/C=C\C/C=C\CCCCC. The van der Waals surface area contributed by atoms with E-state index in [1.807, 2.05) is 33.3 Å². The van der Waals surface area contributed by atoms with Crippen molar-refractivity contribution in [3.05, 3.63) is 85.1 Å². The van der Waals surface area contributed by atoms with Crippen LogP contribution in [0.2, 0.25) is 0 Å². The molecular formula is C60H107N2O7P. The molecule has 0 aliphatic heterocycles. The first-order valence-corrected chi connectivity index (χ1v) is 29.9. The van der Waals surface area contributed by atoms with E-state index in [0.717, 1.165) is 83.5 Å². The molecule has 0 bridgehead atoms. The van der Waals surface area contributed by atoms with Crippen molar-refractivity contribution in [2.24, 2.45) is 0 Å². The van der Waals surface area contributed by atoms with Crippen LogP contribution in [0.15, 0.2) is 85.1 Å². The van der Waals surface area contributed by atoms with E-state index in [-0.39, 0.29) is 31.3 Å². The van der Waals surface area contributed by atoms with Crippen LogP contribution in [0, 0.1) is 0 Å². The molecule has 0 aliphatic rings. The lowest BCUT2D eigenvalue weighted by Crippen LogP contribution is -2.47. The van der Waals surface area contributed by atoms with Crippen molar-refractivity contribution in [3.8, 4) is 0 Å². The number of quaternary nitrogens is 1. The van der Waals surface area contributed by atoms with Gasteiger partial charge in [0.25, 0.3) is 7.82 Å². The molecule has 404 valence electrons. The molecule has 3 unspecified atom stereocenters. The summed E-state index contributed by atoms with van der Waals surface area (Å²) in [7, 11) is 1.14. The summed E-state index contributed by atoms with van der Waals surface area (Å²) in [4.78, 5) is 39.8. The average Bonchev–Trinajstić information content (AvgIpc) is 3.32. The second-order valence-electron chi connectivity index (χ2n) is 20.1. The molecule has 0 aromatic heterocycles. The Hall–Kier alpha value is -2.81. The zero-order valence-corrected chi connectivity index (χ0v) is 46.8. The van der Waals surface area contributed by atoms with Crippen molar-refractivity contribution in [2.75, 3.05) is 40.9 Å². The summed E-state index contributed by atoms with van der Waals surface area (Å²) in [5, 5.41) is 2.98. The third kappa shape index (κ3) is 50.1. The van der Waals surface area contributed by atoms with Gasteiger partial charge in [0.2, 0.25) is 5.91 Å². The van der Waals surface area contributed by atoms with Gasteiger partial charge in [-0.15, -0.1) is 0 Å². The Morgan fingerprint density at radius 2 is 0.929 bits per heavy atom. The molecule has 10 heteroatoms. The number of unbranched alkanes of at least 4 members (excludes halogenated alkanes) is 22. The molecule has 0 spiro atoms. The first-order chi connectivity index (χ1) is 33.9. The summed E-state index contributed by atoms with van der Waals surface area (Å²) in [6.07, 6.45) is 64.1. The summed E-state index contributed by atoms with van der Waals surface area (Å²) in [6.45, 7) is 6.65. The number of rotatable bonds is 50. The number of nitrogens with zero attached hydrogens (tertiary/aromatic N) is 1. The number of amides is 1. The fourth-order valence-corrected chi connectivity index (χ4v) is 8.39. The fraction of sp³-hybridized carbons (Fsp3) is 0.733. The van der Waals surface area contributed by atoms with Crippen LogP contribution in [0.1, 0.15) is 233 Å². The highest BCUT2D eigenvalue weighted by Gasteiger charge is 2.27. The number of allylic oxidation sites excluding steroid dienone is 13. The van der Waals surface area contributed by atoms with E-state index in [2.05, 4.69) is 99.0 Å². The van der Waals surface area contributed by atoms with E-state index in [1.165, 1.54) is 103 Å². The van der Waals surface area contributed by atoms with Crippen LogP contribution in [0.5, 0.6) is 0 Å². The predicted octanol–water partition coefficient (Wildman–Crippen LogP) is 16.4. The van der Waals surface area contributed by atoms with Crippen molar-refractivity contribution >= 4 is 19.7 Å². The molecule has 0 rings (SSSR count). The molecular weight excluding hydrogens is 892 g/mol. The maximum absolute atomic E-state index is 13.5. The zero-order chi connectivity index (χ0) is 51.5. The van der Waals surface area contributed by atoms with Gasteiger partial charge in [-0.2, -0.15) is 0 Å². The van der Waals surface area contributed by atoms with E-state index in [4.69, 9.17) is 13.8 Å². The zero-order valence-electron chi connectivity index (χ0n) is 45.9. The highest BCUT2D eigenvalue weighted by molar-refractivity contribution is 7.45. The smallest absolute Gasteiger partial charge is 0.306 e. The van der Waals surface area contributed by atoms with E-state index in [9.17, 15) is 19.0 Å². The van der Waals surface area contributed by atoms with Gasteiger partial charge in [-0.25, -0.2) is 0 Å². The number of carbonyl (C=O) groups is 2. The van der Waals surface area contributed by atoms with Crippen LogP contribution in [-0.4, -0.2) is 69.4 Å². The Balaban J connectivity index is 5.49. The van der Waals surface area contributed by atoms with Crippen molar-refractivity contribution < 1.29 is 37.3 Å². The third-order valence-corrected chi connectivity index (χ3v) is 13.0. The summed E-state index contributed by atoms with van der Waals surface area (Å²) in [5.41, 5.74) is 0. The largest absolute Gasteiger partial charge is 0.756 e. The van der Waals surface area contributed by atoms with E-state index in [1.54, 1.807) is 0 Å². The van der Waals surface area contributed by atoms with Crippen molar-refractivity contribution in [1.29, 1.82) is 0 Å². The summed E-state index contributed by atoms with van der Waals surface area (Å²) < 4.78 is 30.2. The van der Waals surface area contributed by atoms with Gasteiger partial charge in [-0.1, -0.05) is 209 Å². The van der Waals surface area contributed by atoms with Crippen molar-refractivity contribution in [3.63, 3.8) is 0 Å². The molecule has 0 aromatic rings. The summed E-state index contributed by atoms with van der Waals surface area (Å²) in [6, 6.07) is -0.923. The predicted molar refractivity (Wildman–Crippen MR) is 298 cm³/mol. The van der Waals surface area contributed by atoms with Crippen LogP contribution in [0.3, 0.4) is 0 Å². The quantitative estimate of drug-likeness (QED) is 0.0212. The molecule has 0 aromatic carbocycles. The number of nitrogens with one attached hydrogen (secondary N) is 1. The molecule has 1 N–H and O–H groups in total. The Labute approximate surface area is 431 Å². The topological polar surface area (TPSA) is 114 Å². The number of carbonyl (C=O) groups excluding carboxylic acids is 2. The van der Waals surface area contributed by atoms with Gasteiger partial charge in [0.1, 0.15) is 19.3 Å². The number of phosphoric ester groups is 1. The first kappa shape index (κ1) is 67.2. The Morgan fingerprint density at radius 1 is 0.514 bits per heavy atom. The molecule has 0 fully saturated rings. The number of hydrogen-bond donors (Lipinski definition) is 1. The molecule has 9 nitrogen and oxygen atoms in total. The molecule has 0 aliphatic carbocycles. The lowest BCUT2D eigenvalue weighted by atomic mass is 10.0. The van der Waals surface area contributed by atoms with Crippen LogP contribution in [0.25, 0.3) is 0 Å². The molecule has 0 saturated heterocycles. The van der Waals surface area contributed by atoms with Gasteiger partial charge in [0.05, 0.1) is 33.8 Å². The number of ether oxygens (including phenoxy) is 1. The van der Waals surface area contributed by atoms with Crippen LogP contribution in [0.4, 0.5) is 0 Å². The van der Waals surface area contributed by atoms with Crippen LogP contribution in [-0.2, 0) is 27.9 Å². The molecule has 70 heavy (non-hydrogen) atoms. The molecule has 0 heterocycles. The second-order valence-corrected chi connectivity index (χ2v) is 21.5. The van der Waals surface area contributed by atoms with Gasteiger partial charge < -0.3 is 28.5 Å². The second kappa shape index (κ2) is 49.8. The number of likely N-dealkylation sites (N-methyl/N-ethyl adjacent to an activating group) is 1. The molecule has 0 radical (unpaired) electrons. The first-order valence-electron chi connectivity index (χ1n) is 28.4. The lowest BCUT2D eigenvalue weighted by molar-refractivity contribution is -0.870. The minimum Gasteiger partial charge on any atom is -0.756 e. The van der Waals surface area contributed by atoms with Gasteiger partial charge in [0, 0.05) is 12.8 Å². The number of esters is 1. The molecule has 0 saturated carbocycles. The van der Waals surface area contributed by atoms with E-state index >= 15 is 0 Å². The summed E-state index contributed by atoms with van der Waals surface area (Å²) in [5.74, 6) is -0.620. The third-order valence-electron chi connectivity index (χ3n) is 12.1. The Morgan fingerprint density at radius 3 is 1.43 bits per heavy atom. The highest BCUT2D eigenvalue weighted by Crippen LogP contribution is 2.38. The summed E-state index contributed by atoms with van der Waals surface area (Å²) >= 11 is 0. The van der Waals surface area contributed by atoms with E-state index in [0.29, 0.717) is 23.9 Å². The minimum absolute atomic E-state index is 0.0371. The minimum atomic E-state index is -4.71. The lowest BCUT2D eigenvalue weighted by Gasteiger charge is -2.30. The van der Waals surface area contributed by atoms with Crippen LogP contribution < -0.4 is 10.2 Å². The average molecular weight is 999 g/mol.